The summed E-state index contributed by atoms with van der Waals surface area (Å²) >= 11 is 3.39. The van der Waals surface area contributed by atoms with Crippen LogP contribution in [0.25, 0.3) is 0 Å². The summed E-state index contributed by atoms with van der Waals surface area (Å²) in [6.07, 6.45) is 1.60. The Morgan fingerprint density at radius 2 is 1.92 bits per heavy atom. The van der Waals surface area contributed by atoms with Crippen molar-refractivity contribution >= 4 is 39.3 Å². The number of carbonyl (C=O) groups excluding carboxylic acids is 1. The molecule has 0 spiro atoms. The first kappa shape index (κ1) is 18.0. The number of halogens is 1. The van der Waals surface area contributed by atoms with Crippen molar-refractivity contribution in [3.63, 3.8) is 0 Å². The number of ether oxygens (including phenoxy) is 1. The fourth-order valence-electron chi connectivity index (χ4n) is 2.00. The lowest BCUT2D eigenvalue weighted by Gasteiger charge is -2.19. The molecule has 1 N–H and O–H groups in total. The Kier molecular flexibility index (Phi) is 5.61. The lowest BCUT2D eigenvalue weighted by molar-refractivity contribution is 0.102. The Bertz CT molecular complexity index is 749. The van der Waals surface area contributed by atoms with Gasteiger partial charge in [0.1, 0.15) is 11.4 Å². The van der Waals surface area contributed by atoms with Crippen molar-refractivity contribution in [1.29, 1.82) is 0 Å². The zero-order valence-corrected chi connectivity index (χ0v) is 15.9. The van der Waals surface area contributed by atoms with E-state index in [1.807, 2.05) is 33.1 Å². The zero-order valence-electron chi connectivity index (χ0n) is 14.3. The van der Waals surface area contributed by atoms with Crippen molar-refractivity contribution < 1.29 is 9.53 Å². The van der Waals surface area contributed by atoms with Crippen molar-refractivity contribution in [2.24, 2.45) is 0 Å². The molecule has 2 rings (SSSR count). The molecule has 0 fully saturated rings. The molecule has 0 radical (unpaired) electrons. The van der Waals surface area contributed by atoms with Crippen LogP contribution in [0.3, 0.4) is 0 Å². The van der Waals surface area contributed by atoms with Crippen LogP contribution in [0.15, 0.2) is 28.9 Å². The van der Waals surface area contributed by atoms with Gasteiger partial charge in [0, 0.05) is 32.7 Å². The SMILES string of the molecule is COc1ccc(Br)c(C(=O)Nc2cnc(N(C)C)nc2N(C)C)c1. The molecule has 2 aromatic rings. The molecule has 0 saturated carbocycles. The van der Waals surface area contributed by atoms with Crippen molar-refractivity contribution in [3.8, 4) is 5.75 Å². The Labute approximate surface area is 149 Å². The number of hydrogen-bond donors (Lipinski definition) is 1. The van der Waals surface area contributed by atoms with Crippen molar-refractivity contribution in [2.45, 2.75) is 0 Å². The highest BCUT2D eigenvalue weighted by molar-refractivity contribution is 9.10. The molecular formula is C16H20BrN5O2. The number of nitrogens with one attached hydrogen (secondary N) is 1. The number of benzene rings is 1. The molecule has 0 saturated heterocycles. The molecule has 0 aliphatic carbocycles. The smallest absolute Gasteiger partial charge is 0.257 e. The lowest BCUT2D eigenvalue weighted by atomic mass is 10.2. The summed E-state index contributed by atoms with van der Waals surface area (Å²) in [5.74, 6) is 1.53. The van der Waals surface area contributed by atoms with Gasteiger partial charge in [0.2, 0.25) is 5.95 Å². The quantitative estimate of drug-likeness (QED) is 0.841. The first-order valence-corrected chi connectivity index (χ1v) is 7.99. The van der Waals surface area contributed by atoms with Gasteiger partial charge in [0.25, 0.3) is 5.91 Å². The zero-order chi connectivity index (χ0) is 17.9. The average molecular weight is 394 g/mol. The number of methoxy groups -OCH3 is 1. The summed E-state index contributed by atoms with van der Waals surface area (Å²) in [4.78, 5) is 25.0. The second kappa shape index (κ2) is 7.48. The fraction of sp³-hybridized carbons (Fsp3) is 0.312. The van der Waals surface area contributed by atoms with Crippen LogP contribution in [0.1, 0.15) is 10.4 Å². The molecular weight excluding hydrogens is 374 g/mol. The third-order valence-electron chi connectivity index (χ3n) is 3.25. The highest BCUT2D eigenvalue weighted by Crippen LogP contribution is 2.26. The summed E-state index contributed by atoms with van der Waals surface area (Å²) < 4.78 is 5.85. The van der Waals surface area contributed by atoms with Crippen LogP contribution >= 0.6 is 15.9 Å². The minimum Gasteiger partial charge on any atom is -0.497 e. The number of aromatic nitrogens is 2. The molecule has 1 amide bonds. The van der Waals surface area contributed by atoms with E-state index in [0.29, 0.717) is 33.2 Å². The summed E-state index contributed by atoms with van der Waals surface area (Å²) in [7, 11) is 9.00. The minimum atomic E-state index is -0.273. The van der Waals surface area contributed by atoms with Gasteiger partial charge in [-0.05, 0) is 34.1 Å². The Morgan fingerprint density at radius 1 is 1.21 bits per heavy atom. The van der Waals surface area contributed by atoms with Crippen LogP contribution < -0.4 is 19.9 Å². The molecule has 0 bridgehead atoms. The second-order valence-corrected chi connectivity index (χ2v) is 6.35. The van der Waals surface area contributed by atoms with Gasteiger partial charge in [0.05, 0.1) is 18.9 Å². The molecule has 24 heavy (non-hydrogen) atoms. The van der Waals surface area contributed by atoms with Crippen LogP contribution in [-0.4, -0.2) is 51.2 Å². The number of rotatable bonds is 5. The normalized spacial score (nSPS) is 10.2. The molecule has 0 aliphatic rings. The molecule has 7 nitrogen and oxygen atoms in total. The summed E-state index contributed by atoms with van der Waals surface area (Å²) in [6.45, 7) is 0. The third-order valence-corrected chi connectivity index (χ3v) is 3.94. The number of nitrogens with zero attached hydrogens (tertiary/aromatic N) is 4. The van der Waals surface area contributed by atoms with Crippen LogP contribution in [0.5, 0.6) is 5.75 Å². The minimum absolute atomic E-state index is 0.273. The Morgan fingerprint density at radius 3 is 2.50 bits per heavy atom. The van der Waals surface area contributed by atoms with Crippen molar-refractivity contribution in [2.75, 3.05) is 50.4 Å². The van der Waals surface area contributed by atoms with Crippen molar-refractivity contribution in [3.05, 3.63) is 34.4 Å². The first-order valence-electron chi connectivity index (χ1n) is 7.20. The van der Waals surface area contributed by atoms with E-state index in [-0.39, 0.29) is 5.91 Å². The standard InChI is InChI=1S/C16H20BrN5O2/c1-21(2)14-13(9-18-16(20-14)22(3)4)19-15(23)11-8-10(24-5)6-7-12(11)17/h6-9H,1-5H3,(H,19,23). The molecule has 1 aromatic heterocycles. The number of anilines is 3. The van der Waals surface area contributed by atoms with Gasteiger partial charge in [-0.3, -0.25) is 4.79 Å². The molecule has 128 valence electrons. The second-order valence-electron chi connectivity index (χ2n) is 5.50. The topological polar surface area (TPSA) is 70.6 Å². The van der Waals surface area contributed by atoms with Gasteiger partial charge in [-0.1, -0.05) is 0 Å². The van der Waals surface area contributed by atoms with E-state index in [1.165, 1.54) is 0 Å². The lowest BCUT2D eigenvalue weighted by Crippen LogP contribution is -2.21. The molecule has 1 heterocycles. The van der Waals surface area contributed by atoms with E-state index in [4.69, 9.17) is 4.74 Å². The summed E-state index contributed by atoms with van der Waals surface area (Å²) in [5.41, 5.74) is 1.00. The molecule has 0 atom stereocenters. The maximum Gasteiger partial charge on any atom is 0.257 e. The van der Waals surface area contributed by atoms with E-state index in [1.54, 1.807) is 36.4 Å². The number of amides is 1. The molecule has 0 aliphatic heterocycles. The van der Waals surface area contributed by atoms with Gasteiger partial charge in [0.15, 0.2) is 5.82 Å². The Balaban J connectivity index is 2.35. The summed E-state index contributed by atoms with van der Waals surface area (Å²) in [6, 6.07) is 5.22. The van der Waals surface area contributed by atoms with E-state index < -0.39 is 0 Å². The monoisotopic (exact) mass is 393 g/mol. The third kappa shape index (κ3) is 3.94. The van der Waals surface area contributed by atoms with Gasteiger partial charge in [-0.15, -0.1) is 0 Å². The fourth-order valence-corrected chi connectivity index (χ4v) is 2.43. The van der Waals surface area contributed by atoms with Gasteiger partial charge < -0.3 is 19.9 Å². The first-order chi connectivity index (χ1) is 11.3. The Hall–Kier alpha value is -2.35. The van der Waals surface area contributed by atoms with E-state index in [9.17, 15) is 4.79 Å². The summed E-state index contributed by atoms with van der Waals surface area (Å²) in [5, 5.41) is 2.86. The van der Waals surface area contributed by atoms with E-state index >= 15 is 0 Å². The maximum atomic E-state index is 12.6. The number of hydrogen-bond acceptors (Lipinski definition) is 6. The molecule has 8 heteroatoms. The van der Waals surface area contributed by atoms with Crippen LogP contribution in [0.2, 0.25) is 0 Å². The largest absolute Gasteiger partial charge is 0.497 e. The predicted molar refractivity (Wildman–Crippen MR) is 99.3 cm³/mol. The highest BCUT2D eigenvalue weighted by atomic mass is 79.9. The van der Waals surface area contributed by atoms with Gasteiger partial charge in [-0.25, -0.2) is 4.98 Å². The van der Waals surface area contributed by atoms with E-state index in [2.05, 4.69) is 31.2 Å². The van der Waals surface area contributed by atoms with Gasteiger partial charge in [-0.2, -0.15) is 4.98 Å². The number of carbonyl (C=O) groups is 1. The maximum absolute atomic E-state index is 12.6. The van der Waals surface area contributed by atoms with Crippen LogP contribution in [0.4, 0.5) is 17.5 Å². The van der Waals surface area contributed by atoms with Gasteiger partial charge >= 0.3 is 0 Å². The highest BCUT2D eigenvalue weighted by Gasteiger charge is 2.16. The van der Waals surface area contributed by atoms with Crippen LogP contribution in [0, 0.1) is 0 Å². The van der Waals surface area contributed by atoms with E-state index in [0.717, 1.165) is 0 Å². The van der Waals surface area contributed by atoms with Crippen molar-refractivity contribution in [1.82, 2.24) is 9.97 Å². The average Bonchev–Trinajstić information content (AvgIpc) is 2.55. The predicted octanol–water partition coefficient (Wildman–Crippen LogP) is 2.63. The molecule has 1 aromatic carbocycles. The van der Waals surface area contributed by atoms with Crippen LogP contribution in [-0.2, 0) is 0 Å². The molecule has 0 unspecified atom stereocenters.